The number of carbonyl (C=O) groups excluding carboxylic acids is 1. The molecule has 0 saturated carbocycles. The van der Waals surface area contributed by atoms with E-state index in [2.05, 4.69) is 15.3 Å². The Morgan fingerprint density at radius 1 is 1.30 bits per heavy atom. The molecule has 0 radical (unpaired) electrons. The minimum atomic E-state index is -0.0532. The monoisotopic (exact) mass is 288 g/mol. The second-order valence-electron chi connectivity index (χ2n) is 4.27. The van der Waals surface area contributed by atoms with Crippen molar-refractivity contribution >= 4 is 23.5 Å². The number of thioether (sulfide) groups is 1. The van der Waals surface area contributed by atoms with Crippen molar-refractivity contribution in [3.8, 4) is 0 Å². The number of nitrogens with zero attached hydrogens (tertiary/aromatic N) is 2. The van der Waals surface area contributed by atoms with Crippen LogP contribution >= 0.6 is 11.8 Å². The van der Waals surface area contributed by atoms with Crippen molar-refractivity contribution < 1.29 is 4.79 Å². The van der Waals surface area contributed by atoms with Gasteiger partial charge >= 0.3 is 0 Å². The van der Waals surface area contributed by atoms with E-state index in [1.807, 2.05) is 37.3 Å². The van der Waals surface area contributed by atoms with Crippen LogP contribution in [-0.4, -0.2) is 21.6 Å². The number of anilines is 1. The summed E-state index contributed by atoms with van der Waals surface area (Å²) in [6.45, 7) is 2.37. The molecule has 3 N–H and O–H groups in total. The van der Waals surface area contributed by atoms with E-state index in [0.717, 1.165) is 11.3 Å². The van der Waals surface area contributed by atoms with Gasteiger partial charge in [0.15, 0.2) is 5.16 Å². The molecule has 0 bridgehead atoms. The van der Waals surface area contributed by atoms with Crippen LogP contribution in [0.2, 0.25) is 0 Å². The van der Waals surface area contributed by atoms with Crippen molar-refractivity contribution in [1.82, 2.24) is 15.3 Å². The Morgan fingerprint density at radius 2 is 2.05 bits per heavy atom. The minimum absolute atomic E-state index is 0.0532. The maximum absolute atomic E-state index is 11.7. The Kier molecular flexibility index (Phi) is 4.95. The lowest BCUT2D eigenvalue weighted by Gasteiger charge is -2.05. The Morgan fingerprint density at radius 3 is 2.75 bits per heavy atom. The molecule has 104 valence electrons. The van der Waals surface area contributed by atoms with Crippen LogP contribution in [0.4, 0.5) is 5.82 Å². The molecule has 0 spiro atoms. The molecule has 0 atom stereocenters. The summed E-state index contributed by atoms with van der Waals surface area (Å²) in [5.74, 6) is 0.641. The van der Waals surface area contributed by atoms with E-state index < -0.39 is 0 Å². The molecule has 6 heteroatoms. The third-order valence-corrected chi connectivity index (χ3v) is 3.37. The van der Waals surface area contributed by atoms with Crippen molar-refractivity contribution in [3.63, 3.8) is 0 Å². The fraction of sp³-hybridized carbons (Fsp3) is 0.214. The molecular weight excluding hydrogens is 272 g/mol. The minimum Gasteiger partial charge on any atom is -0.384 e. The fourth-order valence-electron chi connectivity index (χ4n) is 1.61. The van der Waals surface area contributed by atoms with Gasteiger partial charge in [0.1, 0.15) is 5.82 Å². The van der Waals surface area contributed by atoms with E-state index >= 15 is 0 Å². The number of hydrogen-bond acceptors (Lipinski definition) is 5. The molecule has 0 fully saturated rings. The molecule has 2 aromatic rings. The van der Waals surface area contributed by atoms with Crippen molar-refractivity contribution in [2.24, 2.45) is 0 Å². The van der Waals surface area contributed by atoms with Crippen LogP contribution in [-0.2, 0) is 11.3 Å². The molecule has 1 aromatic heterocycles. The van der Waals surface area contributed by atoms with Gasteiger partial charge in [-0.2, -0.15) is 0 Å². The SMILES string of the molecule is Cc1cc(N)nc(SCC(=O)NCc2ccccc2)n1. The summed E-state index contributed by atoms with van der Waals surface area (Å²) >= 11 is 1.28. The largest absolute Gasteiger partial charge is 0.384 e. The number of rotatable bonds is 5. The Hall–Kier alpha value is -2.08. The standard InChI is InChI=1S/C14H16N4OS/c1-10-7-12(15)18-14(17-10)20-9-13(19)16-8-11-5-3-2-4-6-11/h2-7H,8-9H2,1H3,(H,16,19)(H2,15,17,18). The summed E-state index contributed by atoms with van der Waals surface area (Å²) in [5.41, 5.74) is 7.50. The first kappa shape index (κ1) is 14.3. The van der Waals surface area contributed by atoms with Crippen molar-refractivity contribution in [2.75, 3.05) is 11.5 Å². The highest BCUT2D eigenvalue weighted by molar-refractivity contribution is 7.99. The molecule has 1 aromatic carbocycles. The van der Waals surface area contributed by atoms with Gasteiger partial charge in [0.2, 0.25) is 5.91 Å². The normalized spacial score (nSPS) is 10.2. The zero-order valence-corrected chi connectivity index (χ0v) is 12.0. The Balaban J connectivity index is 1.80. The van der Waals surface area contributed by atoms with E-state index in [4.69, 9.17) is 5.73 Å². The first-order valence-corrected chi connectivity index (χ1v) is 7.16. The summed E-state index contributed by atoms with van der Waals surface area (Å²) in [6, 6.07) is 11.5. The lowest BCUT2D eigenvalue weighted by atomic mass is 10.2. The molecule has 0 aliphatic heterocycles. The van der Waals surface area contributed by atoms with Gasteiger partial charge in [0, 0.05) is 18.3 Å². The summed E-state index contributed by atoms with van der Waals surface area (Å²) < 4.78 is 0. The van der Waals surface area contributed by atoms with Crippen LogP contribution in [0.15, 0.2) is 41.6 Å². The third kappa shape index (κ3) is 4.55. The van der Waals surface area contributed by atoms with Crippen molar-refractivity contribution in [2.45, 2.75) is 18.6 Å². The topological polar surface area (TPSA) is 80.9 Å². The number of nitrogens with one attached hydrogen (secondary N) is 1. The van der Waals surface area contributed by atoms with Gasteiger partial charge in [-0.25, -0.2) is 9.97 Å². The van der Waals surface area contributed by atoms with Gasteiger partial charge in [0.05, 0.1) is 5.75 Å². The Bertz CT molecular complexity index is 569. The maximum Gasteiger partial charge on any atom is 0.230 e. The number of nitrogens with two attached hydrogens (primary N) is 1. The lowest BCUT2D eigenvalue weighted by Crippen LogP contribution is -2.24. The van der Waals surface area contributed by atoms with Gasteiger partial charge in [-0.1, -0.05) is 42.1 Å². The van der Waals surface area contributed by atoms with Crippen LogP contribution in [0.5, 0.6) is 0 Å². The van der Waals surface area contributed by atoms with Crippen LogP contribution in [0.1, 0.15) is 11.3 Å². The van der Waals surface area contributed by atoms with Crippen molar-refractivity contribution in [1.29, 1.82) is 0 Å². The molecule has 1 heterocycles. The number of hydrogen-bond donors (Lipinski definition) is 2. The summed E-state index contributed by atoms with van der Waals surface area (Å²) in [4.78, 5) is 20.0. The van der Waals surface area contributed by atoms with E-state index in [9.17, 15) is 4.79 Å². The number of aromatic nitrogens is 2. The lowest BCUT2D eigenvalue weighted by molar-refractivity contribution is -0.118. The second-order valence-corrected chi connectivity index (χ2v) is 5.21. The van der Waals surface area contributed by atoms with E-state index in [1.54, 1.807) is 6.07 Å². The number of aryl methyl sites for hydroxylation is 1. The predicted molar refractivity (Wildman–Crippen MR) is 80.2 cm³/mol. The smallest absolute Gasteiger partial charge is 0.230 e. The van der Waals surface area contributed by atoms with Gasteiger partial charge < -0.3 is 11.1 Å². The quantitative estimate of drug-likeness (QED) is 0.647. The first-order valence-electron chi connectivity index (χ1n) is 6.18. The van der Waals surface area contributed by atoms with Crippen LogP contribution in [0.25, 0.3) is 0 Å². The van der Waals surface area contributed by atoms with Crippen LogP contribution in [0.3, 0.4) is 0 Å². The average molecular weight is 288 g/mol. The highest BCUT2D eigenvalue weighted by Crippen LogP contribution is 2.14. The number of benzene rings is 1. The number of nitrogen functional groups attached to an aromatic ring is 1. The van der Waals surface area contributed by atoms with Gasteiger partial charge in [-0.3, -0.25) is 4.79 Å². The summed E-state index contributed by atoms with van der Waals surface area (Å²) in [5, 5.41) is 3.38. The summed E-state index contributed by atoms with van der Waals surface area (Å²) in [7, 11) is 0. The Labute approximate surface area is 122 Å². The van der Waals surface area contributed by atoms with Crippen LogP contribution in [0, 0.1) is 6.92 Å². The van der Waals surface area contributed by atoms with E-state index in [-0.39, 0.29) is 11.7 Å². The second kappa shape index (κ2) is 6.91. The third-order valence-electron chi connectivity index (χ3n) is 2.52. The van der Waals surface area contributed by atoms with Gasteiger partial charge in [-0.15, -0.1) is 0 Å². The zero-order chi connectivity index (χ0) is 14.4. The fourth-order valence-corrected chi connectivity index (χ4v) is 2.35. The number of carbonyl (C=O) groups is 1. The average Bonchev–Trinajstić information content (AvgIpc) is 2.43. The van der Waals surface area contributed by atoms with Crippen LogP contribution < -0.4 is 11.1 Å². The molecule has 1 amide bonds. The molecule has 2 rings (SSSR count). The highest BCUT2D eigenvalue weighted by Gasteiger charge is 2.06. The molecule has 20 heavy (non-hydrogen) atoms. The predicted octanol–water partition coefficient (Wildman–Crippen LogP) is 1.78. The number of amides is 1. The molecule has 0 unspecified atom stereocenters. The molecule has 5 nitrogen and oxygen atoms in total. The first-order chi connectivity index (χ1) is 9.63. The maximum atomic E-state index is 11.7. The molecule has 0 aliphatic rings. The van der Waals surface area contributed by atoms with Gasteiger partial charge in [-0.05, 0) is 12.5 Å². The van der Waals surface area contributed by atoms with E-state index in [0.29, 0.717) is 17.5 Å². The molecular formula is C14H16N4OS. The molecule has 0 aliphatic carbocycles. The van der Waals surface area contributed by atoms with E-state index in [1.165, 1.54) is 11.8 Å². The van der Waals surface area contributed by atoms with Gasteiger partial charge in [0.25, 0.3) is 0 Å². The molecule has 0 saturated heterocycles. The van der Waals surface area contributed by atoms with Crippen molar-refractivity contribution in [3.05, 3.63) is 47.7 Å². The highest BCUT2D eigenvalue weighted by atomic mass is 32.2. The summed E-state index contributed by atoms with van der Waals surface area (Å²) in [6.07, 6.45) is 0. The zero-order valence-electron chi connectivity index (χ0n) is 11.2.